The molecule has 6 rings (SSSR count). The zero-order chi connectivity index (χ0) is 32.7. The highest BCUT2D eigenvalue weighted by molar-refractivity contribution is 9.10. The van der Waals surface area contributed by atoms with Crippen molar-refractivity contribution in [3.8, 4) is 11.4 Å². The smallest absolute Gasteiger partial charge is 0.422 e. The van der Waals surface area contributed by atoms with Crippen LogP contribution in [0.4, 0.5) is 13.2 Å². The number of nitrogens with zero attached hydrogens (tertiary/aromatic N) is 5. The number of aryl methyl sites for hydroxylation is 1. The van der Waals surface area contributed by atoms with E-state index in [4.69, 9.17) is 16.3 Å². The first-order valence-electron chi connectivity index (χ1n) is 14.0. The van der Waals surface area contributed by atoms with Crippen molar-refractivity contribution >= 4 is 50.4 Å². The summed E-state index contributed by atoms with van der Waals surface area (Å²) in [6, 6.07) is 15.8. The van der Waals surface area contributed by atoms with Crippen LogP contribution in [0.5, 0.6) is 5.75 Å². The molecule has 1 N–H and O–H groups in total. The number of nitrogens with one attached hydrogen (secondary N) is 1. The van der Waals surface area contributed by atoms with Gasteiger partial charge in [-0.15, -0.1) is 0 Å². The van der Waals surface area contributed by atoms with Crippen LogP contribution in [0.2, 0.25) is 5.02 Å². The second-order valence-corrected chi connectivity index (χ2v) is 11.9. The van der Waals surface area contributed by atoms with E-state index in [1.165, 1.54) is 44.4 Å². The lowest BCUT2D eigenvalue weighted by molar-refractivity contribution is -0.153. The Kier molecular flexibility index (Phi) is 8.42. The molecule has 1 aliphatic rings. The number of amides is 2. The molecule has 15 heteroatoms. The van der Waals surface area contributed by atoms with Gasteiger partial charge in [0, 0.05) is 36.7 Å². The van der Waals surface area contributed by atoms with E-state index in [2.05, 4.69) is 26.2 Å². The molecule has 3 heterocycles. The van der Waals surface area contributed by atoms with Crippen molar-refractivity contribution in [3.63, 3.8) is 0 Å². The fourth-order valence-electron chi connectivity index (χ4n) is 5.39. The van der Waals surface area contributed by atoms with Gasteiger partial charge in [0.15, 0.2) is 6.61 Å². The quantitative estimate of drug-likeness (QED) is 0.241. The lowest BCUT2D eigenvalue weighted by Crippen LogP contribution is -2.41. The molecule has 0 bridgehead atoms. The van der Waals surface area contributed by atoms with Crippen molar-refractivity contribution in [2.24, 2.45) is 7.05 Å². The standard InChI is InChI=1S/C31H25BrClF3N6O4/c1-39-17-38-26-19(3-2-4-24(26)39)14-37-28(43)27-25-15-40(29(44)18-5-10-22(32)23(33)13-18)11-12-41(25)30(45)42(27)20-6-8-21(9-7-20)46-16-31(34,35)36/h2-10,13,17H,11-12,14-16H2,1H3,(H,37,43). The van der Waals surface area contributed by atoms with E-state index in [0.29, 0.717) is 26.3 Å². The molecular formula is C31H25BrClF3N6O4. The minimum Gasteiger partial charge on any atom is -0.484 e. The van der Waals surface area contributed by atoms with Gasteiger partial charge in [-0.2, -0.15) is 13.2 Å². The Bertz CT molecular complexity index is 2040. The molecule has 10 nitrogen and oxygen atoms in total. The molecule has 0 radical (unpaired) electrons. The predicted octanol–water partition coefficient (Wildman–Crippen LogP) is 5.47. The Morgan fingerprint density at radius 2 is 1.85 bits per heavy atom. The first kappa shape index (κ1) is 31.4. The zero-order valence-electron chi connectivity index (χ0n) is 24.1. The molecule has 1 aliphatic heterocycles. The van der Waals surface area contributed by atoms with Gasteiger partial charge in [0.05, 0.1) is 40.3 Å². The number of aromatic nitrogens is 4. The van der Waals surface area contributed by atoms with Gasteiger partial charge in [-0.05, 0) is 70.0 Å². The number of halogens is 5. The third kappa shape index (κ3) is 6.14. The Labute approximate surface area is 273 Å². The van der Waals surface area contributed by atoms with Crippen molar-refractivity contribution in [3.05, 3.63) is 109 Å². The summed E-state index contributed by atoms with van der Waals surface area (Å²) in [5.41, 5.74) is 2.68. The molecule has 0 atom stereocenters. The number of benzene rings is 3. The van der Waals surface area contributed by atoms with Crippen LogP contribution in [0.15, 0.2) is 76.3 Å². The Hall–Kier alpha value is -4.56. The first-order chi connectivity index (χ1) is 21.9. The molecule has 0 fully saturated rings. The summed E-state index contributed by atoms with van der Waals surface area (Å²) in [5, 5.41) is 3.25. The van der Waals surface area contributed by atoms with E-state index in [1.54, 1.807) is 18.5 Å². The summed E-state index contributed by atoms with van der Waals surface area (Å²) in [6.45, 7) is -1.14. The van der Waals surface area contributed by atoms with Crippen LogP contribution in [0.3, 0.4) is 0 Å². The molecule has 0 spiro atoms. The molecule has 3 aromatic carbocycles. The molecule has 0 unspecified atom stereocenters. The van der Waals surface area contributed by atoms with E-state index < -0.39 is 24.4 Å². The topological polar surface area (TPSA) is 103 Å². The van der Waals surface area contributed by atoms with Crippen LogP contribution in [0.25, 0.3) is 16.7 Å². The van der Waals surface area contributed by atoms with Crippen LogP contribution in [0.1, 0.15) is 32.1 Å². The number of rotatable bonds is 7. The van der Waals surface area contributed by atoms with Gasteiger partial charge in [-0.3, -0.25) is 18.7 Å². The third-order valence-electron chi connectivity index (χ3n) is 7.62. The highest BCUT2D eigenvalue weighted by atomic mass is 79.9. The summed E-state index contributed by atoms with van der Waals surface area (Å²) in [4.78, 5) is 47.2. The number of fused-ring (bicyclic) bond motifs is 2. The summed E-state index contributed by atoms with van der Waals surface area (Å²) in [7, 11) is 1.86. The van der Waals surface area contributed by atoms with Crippen molar-refractivity contribution in [2.45, 2.75) is 25.8 Å². The minimum absolute atomic E-state index is 0.00602. The Morgan fingerprint density at radius 3 is 2.57 bits per heavy atom. The van der Waals surface area contributed by atoms with Gasteiger partial charge in [-0.25, -0.2) is 9.78 Å². The van der Waals surface area contributed by atoms with Gasteiger partial charge in [0.25, 0.3) is 11.8 Å². The number of hydrogen-bond acceptors (Lipinski definition) is 5. The van der Waals surface area contributed by atoms with Crippen LogP contribution in [0, 0.1) is 0 Å². The molecule has 2 aromatic heterocycles. The van der Waals surface area contributed by atoms with Crippen molar-refractivity contribution in [1.82, 2.24) is 28.9 Å². The number of hydrogen-bond donors (Lipinski definition) is 1. The van der Waals surface area contributed by atoms with Gasteiger partial charge < -0.3 is 19.5 Å². The van der Waals surface area contributed by atoms with E-state index in [9.17, 15) is 27.6 Å². The Morgan fingerprint density at radius 1 is 1.09 bits per heavy atom. The lowest BCUT2D eigenvalue weighted by Gasteiger charge is -2.28. The third-order valence-corrected chi connectivity index (χ3v) is 8.86. The minimum atomic E-state index is -4.52. The maximum Gasteiger partial charge on any atom is 0.422 e. The molecular weight excluding hydrogens is 693 g/mol. The highest BCUT2D eigenvalue weighted by Crippen LogP contribution is 2.27. The van der Waals surface area contributed by atoms with Crippen molar-refractivity contribution in [2.75, 3.05) is 13.2 Å². The number of carbonyl (C=O) groups is 2. The molecule has 0 saturated carbocycles. The van der Waals surface area contributed by atoms with Crippen molar-refractivity contribution < 1.29 is 27.5 Å². The number of carbonyl (C=O) groups excluding carboxylic acids is 2. The number of alkyl halides is 3. The monoisotopic (exact) mass is 716 g/mol. The molecule has 238 valence electrons. The van der Waals surface area contributed by atoms with Gasteiger partial charge in [0.2, 0.25) is 0 Å². The molecule has 5 aromatic rings. The molecule has 2 amide bonds. The average molecular weight is 718 g/mol. The summed E-state index contributed by atoms with van der Waals surface area (Å²) >= 11 is 9.54. The Balaban J connectivity index is 1.36. The van der Waals surface area contributed by atoms with E-state index >= 15 is 0 Å². The van der Waals surface area contributed by atoms with Gasteiger partial charge >= 0.3 is 11.9 Å². The number of imidazole rings is 2. The summed E-state index contributed by atoms with van der Waals surface area (Å²) < 4.78 is 47.9. The fourth-order valence-corrected chi connectivity index (χ4v) is 5.82. The van der Waals surface area contributed by atoms with Crippen LogP contribution in [-0.2, 0) is 26.7 Å². The summed E-state index contributed by atoms with van der Waals surface area (Å²) in [6.07, 6.45) is -2.85. The van der Waals surface area contributed by atoms with Crippen LogP contribution >= 0.6 is 27.5 Å². The normalized spacial score (nSPS) is 13.1. The second kappa shape index (κ2) is 12.3. The summed E-state index contributed by atoms with van der Waals surface area (Å²) in [5.74, 6) is -0.977. The predicted molar refractivity (Wildman–Crippen MR) is 167 cm³/mol. The van der Waals surface area contributed by atoms with Gasteiger partial charge in [-0.1, -0.05) is 23.7 Å². The molecule has 46 heavy (non-hydrogen) atoms. The zero-order valence-corrected chi connectivity index (χ0v) is 26.5. The second-order valence-electron chi connectivity index (χ2n) is 10.6. The van der Waals surface area contributed by atoms with E-state index in [0.717, 1.165) is 11.1 Å². The molecule has 0 aliphatic carbocycles. The fraction of sp³-hybridized carbons (Fsp3) is 0.226. The van der Waals surface area contributed by atoms with Crippen LogP contribution in [-0.4, -0.2) is 54.7 Å². The maximum absolute atomic E-state index is 14.0. The number of para-hydroxylation sites is 1. The van der Waals surface area contributed by atoms with Crippen molar-refractivity contribution in [1.29, 1.82) is 0 Å². The number of ether oxygens (including phenoxy) is 1. The lowest BCUT2D eigenvalue weighted by atomic mass is 10.1. The van der Waals surface area contributed by atoms with Gasteiger partial charge in [0.1, 0.15) is 11.4 Å². The van der Waals surface area contributed by atoms with E-state index in [-0.39, 0.29) is 49.2 Å². The molecule has 0 saturated heterocycles. The van der Waals surface area contributed by atoms with Crippen LogP contribution < -0.4 is 15.7 Å². The van der Waals surface area contributed by atoms with E-state index in [1.807, 2.05) is 29.8 Å². The average Bonchev–Trinajstić information content (AvgIpc) is 3.56. The largest absolute Gasteiger partial charge is 0.484 e. The SMILES string of the molecule is Cn1cnc2c(CNC(=O)c3c4n(c(=O)n3-c3ccc(OCC(F)(F)F)cc3)CCN(C(=O)c3ccc(Br)c(Cl)c3)C4)cccc21. The first-order valence-corrected chi connectivity index (χ1v) is 15.1. The highest BCUT2D eigenvalue weighted by Gasteiger charge is 2.33. The maximum atomic E-state index is 14.0.